The Bertz CT molecular complexity index is 5230. The van der Waals surface area contributed by atoms with E-state index in [4.69, 9.17) is 23.4 Å². The first-order chi connectivity index (χ1) is 51.8. The number of esters is 2. The summed E-state index contributed by atoms with van der Waals surface area (Å²) in [5.74, 6) is 6.09. The van der Waals surface area contributed by atoms with E-state index in [1.54, 1.807) is 6.07 Å². The number of carbonyl (C=O) groups excluding carboxylic acids is 2. The Hall–Kier alpha value is -8.67. The van der Waals surface area contributed by atoms with E-state index >= 15 is 14.4 Å². The van der Waals surface area contributed by atoms with Crippen molar-refractivity contribution < 1.29 is 53.4 Å². The molecule has 12 heteroatoms. The Balaban J connectivity index is 0.869. The van der Waals surface area contributed by atoms with Gasteiger partial charge in [0.1, 0.15) is 18.1 Å². The number of hydrogen-bond donors (Lipinski definition) is 4. The molecule has 538 valence electrons. The second-order valence-corrected chi connectivity index (χ2v) is 34.4. The fourth-order valence-corrected chi connectivity index (χ4v) is 25.6. The third-order valence-corrected chi connectivity index (χ3v) is 30.0. The maximum atomic E-state index is 17.0. The lowest BCUT2D eigenvalue weighted by atomic mass is 9.45. The van der Waals surface area contributed by atoms with Gasteiger partial charge in [0.05, 0.1) is 37.2 Å². The maximum Gasteiger partial charge on any atom is 0.340 e. The fraction of sp³-hybridized carbons (Fsp3) is 0.436. The first-order valence-corrected chi connectivity index (χ1v) is 39.6. The first-order valence-electron chi connectivity index (χ1n) is 39.6. The quantitative estimate of drug-likeness (QED) is 0.0283. The molecule has 5 heterocycles. The zero-order valence-corrected chi connectivity index (χ0v) is 60.1. The van der Waals surface area contributed by atoms with Crippen LogP contribution in [0.4, 0.5) is 0 Å². The van der Waals surface area contributed by atoms with Gasteiger partial charge in [-0.25, -0.2) is 9.59 Å². The van der Waals surface area contributed by atoms with Gasteiger partial charge in [-0.1, -0.05) is 164 Å². The van der Waals surface area contributed by atoms with Crippen LogP contribution in [0.25, 0.3) is 23.1 Å². The molecular weight excluding hydrogens is 1320 g/mol. The van der Waals surface area contributed by atoms with Crippen LogP contribution >= 0.6 is 0 Å². The van der Waals surface area contributed by atoms with E-state index in [0.717, 1.165) is 56.9 Å². The molecule has 2 saturated carbocycles. The van der Waals surface area contributed by atoms with Crippen LogP contribution in [-0.2, 0) is 71.3 Å². The Kier molecular flexibility index (Phi) is 15.0. The molecule has 4 N–H and O–H groups in total. The average Bonchev–Trinajstić information content (AvgIpc) is 1.10. The van der Waals surface area contributed by atoms with Gasteiger partial charge in [0.15, 0.2) is 17.8 Å². The predicted molar refractivity (Wildman–Crippen MR) is 403 cm³/mol. The molecule has 0 saturated heterocycles. The molecule has 19 aliphatic carbocycles. The average molecular weight is 1410 g/mol. The zero-order valence-electron chi connectivity index (χ0n) is 60.1. The van der Waals surface area contributed by atoms with E-state index in [0.29, 0.717) is 47.6 Å². The highest BCUT2D eigenvalue weighted by atomic mass is 16.6. The summed E-state index contributed by atoms with van der Waals surface area (Å²) in [7, 11) is 0. The minimum absolute atomic E-state index is 0.00126. The number of hydrogen-bond acceptors (Lipinski definition) is 12. The van der Waals surface area contributed by atoms with Gasteiger partial charge in [0.2, 0.25) is 0 Å². The Labute approximate surface area is 618 Å². The van der Waals surface area contributed by atoms with E-state index in [2.05, 4.69) is 158 Å². The van der Waals surface area contributed by atoms with Crippen LogP contribution in [0.1, 0.15) is 221 Å². The molecule has 1 aromatic heterocycles. The lowest BCUT2D eigenvalue weighted by Gasteiger charge is -2.57. The summed E-state index contributed by atoms with van der Waals surface area (Å²) in [6.45, 7) is -0.309. The maximum absolute atomic E-state index is 17.0. The van der Waals surface area contributed by atoms with Crippen molar-refractivity contribution in [2.24, 2.45) is 41.4 Å². The van der Waals surface area contributed by atoms with Gasteiger partial charge >= 0.3 is 17.6 Å². The molecule has 4 aliphatic heterocycles. The largest absolute Gasteiger partial charge is 0.481 e. The van der Waals surface area contributed by atoms with Crippen LogP contribution in [0.5, 0.6) is 5.75 Å². The first kappa shape index (κ1) is 65.6. The van der Waals surface area contributed by atoms with Gasteiger partial charge in [-0.15, -0.1) is 0 Å². The van der Waals surface area contributed by atoms with Crippen LogP contribution in [0.15, 0.2) is 166 Å². The summed E-state index contributed by atoms with van der Waals surface area (Å²) < 4.78 is 35.6. The van der Waals surface area contributed by atoms with Gasteiger partial charge in [0, 0.05) is 63.5 Å². The topological polar surface area (TPSA) is 182 Å². The number of carbonyl (C=O) groups is 2. The molecule has 30 rings (SSSR count). The van der Waals surface area contributed by atoms with Gasteiger partial charge in [0.25, 0.3) is 0 Å². The Morgan fingerprint density at radius 3 is 2.45 bits per heavy atom. The molecule has 5 spiro atoms. The Morgan fingerprint density at radius 2 is 1.58 bits per heavy atom. The number of fused-ring (bicyclic) bond motifs is 9. The molecule has 0 amide bonds. The summed E-state index contributed by atoms with van der Waals surface area (Å²) in [6, 6.07) is 41.3. The molecule has 0 unspecified atom stereocenters. The number of benzene rings is 6. The van der Waals surface area contributed by atoms with E-state index in [1.807, 2.05) is 13.0 Å². The van der Waals surface area contributed by atoms with Crippen molar-refractivity contribution in [3.05, 3.63) is 262 Å². The lowest BCUT2D eigenvalue weighted by Crippen LogP contribution is -2.61. The van der Waals surface area contributed by atoms with Crippen LogP contribution in [0.3, 0.4) is 0 Å². The van der Waals surface area contributed by atoms with E-state index in [1.165, 1.54) is 85.2 Å². The summed E-state index contributed by atoms with van der Waals surface area (Å²) in [5.41, 5.74) is 15.0. The molecule has 23 aliphatic rings. The number of ether oxygens (including phenoxy) is 4. The summed E-state index contributed by atoms with van der Waals surface area (Å²) in [6.07, 6.45) is 28.8. The standard InChI is InChI=1S/C94H90O12/c1-52(48-96)70-44-71-60-40-54-15-13-53(14-16-54)39-55-17-18-57-19-21-61-8-4-9-62-22-24-67-65(11-5-12-75(67)94(61,62)77(57)41-55)58-29-33-92-37-36-90-31-6-32-93(78-45-72-64-10-3-2-7-56(64)20-23-66(72)73(78)47-91(46-60,35-34-90)83-68(71)25-27-76(92)84(83)90)87(105-88(70)100)86(103-80(99)43-63(92)42-58)82-79(106-93)28-26-69-74(49-97)81(89(101)104-85(69)82)59(30-38-95)50-102-51-98/h2-3,5,7,10-21,23,25-29,33-35,41,58-63,66,71-73,78,86-87,95-98H,4,8-9,22,24,30,32,36-40,42-51H2,1H3/b70-52-/t58-,59-,60-,61+,62+,63+,66-,71+,72-,73+,78-,86-,87+,90+,91-,92-,93+,94+/m1/s1. The van der Waals surface area contributed by atoms with Crippen molar-refractivity contribution in [2.75, 3.05) is 26.6 Å². The molecule has 2 fully saturated rings. The number of aliphatic hydroxyl groups excluding tert-OH is 4. The highest BCUT2D eigenvalue weighted by molar-refractivity contribution is 5.91. The minimum atomic E-state index is -1.56. The van der Waals surface area contributed by atoms with Crippen molar-refractivity contribution in [1.82, 2.24) is 0 Å². The minimum Gasteiger partial charge on any atom is -0.481 e. The van der Waals surface area contributed by atoms with Crippen molar-refractivity contribution in [3.63, 3.8) is 0 Å². The SMILES string of the molecule is C/C(CO)=C1\C[C@@H]2c3ccc4c5c3[C@]36C=C[C@]57C#CC[C@]5(Oc8ccc9c(CO)c([C@H](CCO)COCO)c(=O)oc9c8[C@@H](OC(=O)C[C@@H]8C[C@@H](C=C[C@]48CC7)c4cccc7c4CC[C@@H]4CCC[C@H]8C=Cc9ccc(cc9[C@]748)Cc4ccc(cc4)C[C@@H]2C3)[C@@H]5OC1=O)[C@@H]1C[C@@H]2c3ccccc3C=C[C@H]2[C@@H]1C6. The van der Waals surface area contributed by atoms with Gasteiger partial charge < -0.3 is 43.8 Å². The van der Waals surface area contributed by atoms with Gasteiger partial charge in [-0.05, 0) is 245 Å². The highest BCUT2D eigenvalue weighted by Gasteiger charge is 2.68. The molecule has 21 bridgehead atoms. The van der Waals surface area contributed by atoms with Gasteiger partial charge in [-0.3, -0.25) is 4.79 Å². The molecule has 6 aromatic carbocycles. The predicted octanol–water partition coefficient (Wildman–Crippen LogP) is 15.4. The molecule has 12 nitrogen and oxygen atoms in total. The summed E-state index contributed by atoms with van der Waals surface area (Å²) >= 11 is 0. The smallest absolute Gasteiger partial charge is 0.340 e. The molecule has 106 heavy (non-hydrogen) atoms. The van der Waals surface area contributed by atoms with E-state index < -0.39 is 83.5 Å². The van der Waals surface area contributed by atoms with Crippen LogP contribution in [-0.4, -0.2) is 70.7 Å². The highest BCUT2D eigenvalue weighted by Crippen LogP contribution is 2.70. The third-order valence-electron chi connectivity index (χ3n) is 30.0. The molecule has 18 atom stereocenters. The van der Waals surface area contributed by atoms with Crippen LogP contribution in [0.2, 0.25) is 0 Å². The number of rotatable bonds is 8. The summed E-state index contributed by atoms with van der Waals surface area (Å²) in [5, 5.41) is 44.1. The van der Waals surface area contributed by atoms with Crippen LogP contribution in [0, 0.1) is 53.3 Å². The summed E-state index contributed by atoms with van der Waals surface area (Å²) in [4.78, 5) is 49.2. The normalized spacial score (nSPS) is 34.9. The van der Waals surface area contributed by atoms with Crippen molar-refractivity contribution in [1.29, 1.82) is 0 Å². The molecular formula is C94H90O12. The fourth-order valence-electron chi connectivity index (χ4n) is 25.6. The lowest BCUT2D eigenvalue weighted by molar-refractivity contribution is -0.205. The molecule has 7 aromatic rings. The number of aliphatic hydroxyl groups is 4. The number of allylic oxidation sites excluding steroid dienone is 6. The van der Waals surface area contributed by atoms with Crippen molar-refractivity contribution in [2.45, 2.75) is 186 Å². The molecule has 0 radical (unpaired) electrons. The Morgan fingerprint density at radius 1 is 0.726 bits per heavy atom. The second kappa shape index (κ2) is 24.2. The second-order valence-electron chi connectivity index (χ2n) is 34.4. The monoisotopic (exact) mass is 1410 g/mol. The van der Waals surface area contributed by atoms with E-state index in [9.17, 15) is 20.4 Å². The van der Waals surface area contributed by atoms with E-state index in [-0.39, 0.29) is 114 Å². The zero-order chi connectivity index (χ0) is 71.3. The third kappa shape index (κ3) is 9.16. The van der Waals surface area contributed by atoms with Gasteiger partial charge in [-0.2, -0.15) is 0 Å². The van der Waals surface area contributed by atoms with Crippen molar-refractivity contribution >= 4 is 35.1 Å². The van der Waals surface area contributed by atoms with Crippen molar-refractivity contribution in [3.8, 4) is 17.6 Å². The van der Waals surface area contributed by atoms with Crippen LogP contribution < -0.4 is 10.4 Å².